The van der Waals surface area contributed by atoms with Crippen molar-refractivity contribution in [3.8, 4) is 11.1 Å². The van der Waals surface area contributed by atoms with Crippen LogP contribution in [-0.4, -0.2) is 15.3 Å². The fourth-order valence-electron chi connectivity index (χ4n) is 8.38. The van der Waals surface area contributed by atoms with Gasteiger partial charge < -0.3 is 9.13 Å². The molecule has 8 heteroatoms. The largest absolute Gasteiger partial charge is 0.416 e. The van der Waals surface area contributed by atoms with Crippen molar-refractivity contribution >= 4 is 61.8 Å². The number of halogens is 6. The lowest BCUT2D eigenvalue weighted by Gasteiger charge is -2.14. The number of allylic oxidation sites excluding steroid dienone is 11. The fourth-order valence-corrected chi connectivity index (χ4v) is 8.38. The van der Waals surface area contributed by atoms with Crippen molar-refractivity contribution < 1.29 is 26.3 Å². The van der Waals surface area contributed by atoms with Gasteiger partial charge in [0.05, 0.1) is 33.5 Å². The van der Waals surface area contributed by atoms with Crippen LogP contribution in [0.25, 0.3) is 73.0 Å². The minimum atomic E-state index is -4.54. The maximum Gasteiger partial charge on any atom is 0.416 e. The molecule has 0 amide bonds. The maximum absolute atomic E-state index is 14.0. The van der Waals surface area contributed by atoms with E-state index in [4.69, 9.17) is 0 Å². The predicted octanol–water partition coefficient (Wildman–Crippen LogP) is 15.9. The molecule has 0 unspecified atom stereocenters. The molecule has 5 aromatic carbocycles. The van der Waals surface area contributed by atoms with E-state index in [0.717, 1.165) is 104 Å². The summed E-state index contributed by atoms with van der Waals surface area (Å²) >= 11 is 0. The van der Waals surface area contributed by atoms with Crippen molar-refractivity contribution in [2.24, 2.45) is 0 Å². The molecule has 2 nitrogen and oxygen atoms in total. The van der Waals surface area contributed by atoms with Crippen LogP contribution in [0.1, 0.15) is 54.1 Å². The highest BCUT2D eigenvalue weighted by Crippen LogP contribution is 2.39. The summed E-state index contributed by atoms with van der Waals surface area (Å²) in [5, 5.41) is 3.30. The first-order valence-electron chi connectivity index (χ1n) is 20.5. The normalized spacial score (nSPS) is 15.9. The van der Waals surface area contributed by atoms with Crippen LogP contribution in [0.4, 0.5) is 26.3 Å². The minimum Gasteiger partial charge on any atom is -0.309 e. The molecule has 0 spiro atoms. The molecule has 2 aromatic heterocycles. The highest BCUT2D eigenvalue weighted by Gasteiger charge is 2.31. The number of hydrogen-bond donors (Lipinski definition) is 0. The topological polar surface area (TPSA) is 9.86 Å². The van der Waals surface area contributed by atoms with E-state index < -0.39 is 23.5 Å². The Hall–Kier alpha value is -7.02. The quantitative estimate of drug-likeness (QED) is 0.0820. The van der Waals surface area contributed by atoms with Gasteiger partial charge in [0, 0.05) is 44.6 Å². The summed E-state index contributed by atoms with van der Waals surface area (Å²) in [6.45, 7) is 1.02. The van der Waals surface area contributed by atoms with Gasteiger partial charge in [-0.25, -0.2) is 0 Å². The van der Waals surface area contributed by atoms with E-state index in [1.807, 2.05) is 60.7 Å². The maximum atomic E-state index is 14.0. The molecule has 2 aliphatic carbocycles. The van der Waals surface area contributed by atoms with E-state index in [9.17, 15) is 26.3 Å². The molecule has 2 heterocycles. The van der Waals surface area contributed by atoms with Crippen LogP contribution in [0, 0.1) is 0 Å². The number of aryl methyl sites for hydroxylation is 1. The van der Waals surface area contributed by atoms with Crippen LogP contribution in [0.5, 0.6) is 0 Å². The highest BCUT2D eigenvalue weighted by molar-refractivity contribution is 6.11. The molecule has 0 atom stereocenters. The van der Waals surface area contributed by atoms with Gasteiger partial charge in [-0.05, 0) is 109 Å². The van der Waals surface area contributed by atoms with Crippen molar-refractivity contribution in [1.29, 1.82) is 0 Å². The average molecular weight is 831 g/mol. The zero-order chi connectivity index (χ0) is 43.0. The van der Waals surface area contributed by atoms with E-state index in [2.05, 4.69) is 87.7 Å². The SMILES string of the molecule is C/C(=C\C=C/CCc1cc(C2=C=CC(n3c4c(c5ccccc53)/C=C\CC/C=C\4)=CC(n3c4ccccc4c4ccccc43)=C2)cc(-c2cccc(C(F)(F)F)c2)c1)C(F)(F)F. The summed E-state index contributed by atoms with van der Waals surface area (Å²) in [6.07, 6.45) is 12.9. The zero-order valence-electron chi connectivity index (χ0n) is 33.7. The van der Waals surface area contributed by atoms with E-state index in [1.165, 1.54) is 12.1 Å². The van der Waals surface area contributed by atoms with E-state index >= 15 is 0 Å². The van der Waals surface area contributed by atoms with E-state index in [0.29, 0.717) is 29.5 Å². The Balaban J connectivity index is 1.27. The number of aromatic nitrogens is 2. The first-order chi connectivity index (χ1) is 29.9. The molecule has 2 aliphatic rings. The number of para-hydroxylation sites is 3. The van der Waals surface area contributed by atoms with Crippen molar-refractivity contribution in [1.82, 2.24) is 9.13 Å². The van der Waals surface area contributed by atoms with Gasteiger partial charge in [-0.2, -0.15) is 26.3 Å². The third-order valence-corrected chi connectivity index (χ3v) is 11.4. The van der Waals surface area contributed by atoms with Crippen LogP contribution in [0.2, 0.25) is 0 Å². The molecule has 0 saturated heterocycles. The van der Waals surface area contributed by atoms with Crippen LogP contribution in [-0.2, 0) is 12.6 Å². The van der Waals surface area contributed by atoms with E-state index in [1.54, 1.807) is 12.1 Å². The minimum absolute atomic E-state index is 0.392. The third kappa shape index (κ3) is 7.97. The summed E-state index contributed by atoms with van der Waals surface area (Å²) in [5.74, 6) is 0. The number of fused-ring (bicyclic) bond motifs is 6. The van der Waals surface area contributed by atoms with Crippen molar-refractivity contribution in [3.63, 3.8) is 0 Å². The summed E-state index contributed by atoms with van der Waals surface area (Å²) < 4.78 is 86.0. The third-order valence-electron chi connectivity index (χ3n) is 11.4. The molecule has 7 aromatic rings. The molecule has 0 bridgehead atoms. The number of rotatable bonds is 8. The van der Waals surface area contributed by atoms with Gasteiger partial charge in [-0.1, -0.05) is 115 Å². The Morgan fingerprint density at radius 2 is 1.29 bits per heavy atom. The molecule has 62 heavy (non-hydrogen) atoms. The molecular weight excluding hydrogens is 791 g/mol. The van der Waals surface area contributed by atoms with E-state index in [-0.39, 0.29) is 0 Å². The molecule has 308 valence electrons. The first kappa shape index (κ1) is 40.4. The number of hydrogen-bond acceptors (Lipinski definition) is 0. The fraction of sp³-hybridized carbons (Fsp3) is 0.130. The lowest BCUT2D eigenvalue weighted by Crippen LogP contribution is -2.08. The lowest BCUT2D eigenvalue weighted by atomic mass is 9.93. The zero-order valence-corrected chi connectivity index (χ0v) is 33.7. The second-order valence-electron chi connectivity index (χ2n) is 15.6. The molecule has 0 fully saturated rings. The van der Waals surface area contributed by atoms with Crippen LogP contribution >= 0.6 is 0 Å². The second-order valence-corrected chi connectivity index (χ2v) is 15.6. The molecule has 0 N–H and O–H groups in total. The summed E-state index contributed by atoms with van der Waals surface area (Å²) in [6, 6.07) is 35.9. The van der Waals surface area contributed by atoms with Gasteiger partial charge in [-0.15, -0.1) is 5.73 Å². The Kier molecular flexibility index (Phi) is 10.7. The van der Waals surface area contributed by atoms with Gasteiger partial charge >= 0.3 is 12.4 Å². The number of benzene rings is 5. The molecule has 9 rings (SSSR count). The summed E-state index contributed by atoms with van der Waals surface area (Å²) in [5.41, 5.74) is 12.3. The molecule has 0 aliphatic heterocycles. The van der Waals surface area contributed by atoms with Gasteiger partial charge in [0.2, 0.25) is 0 Å². The second kappa shape index (κ2) is 16.4. The Morgan fingerprint density at radius 3 is 1.98 bits per heavy atom. The Morgan fingerprint density at radius 1 is 0.645 bits per heavy atom. The van der Waals surface area contributed by atoms with Crippen molar-refractivity contribution in [3.05, 3.63) is 203 Å². The van der Waals surface area contributed by atoms with Gasteiger partial charge in [-0.3, -0.25) is 0 Å². The predicted molar refractivity (Wildman–Crippen MR) is 243 cm³/mol. The monoisotopic (exact) mass is 830 g/mol. The van der Waals surface area contributed by atoms with Gasteiger partial charge in [0.1, 0.15) is 0 Å². The summed E-state index contributed by atoms with van der Waals surface area (Å²) in [7, 11) is 0. The van der Waals surface area contributed by atoms with Crippen LogP contribution in [0.15, 0.2) is 175 Å². The summed E-state index contributed by atoms with van der Waals surface area (Å²) in [4.78, 5) is 0. The molecule has 0 saturated carbocycles. The Bertz CT molecular complexity index is 3090. The van der Waals surface area contributed by atoms with Gasteiger partial charge in [0.25, 0.3) is 0 Å². The van der Waals surface area contributed by atoms with Crippen molar-refractivity contribution in [2.75, 3.05) is 0 Å². The number of nitrogens with zero attached hydrogens (tertiary/aromatic N) is 2. The van der Waals surface area contributed by atoms with Gasteiger partial charge in [0.15, 0.2) is 0 Å². The number of alkyl halides is 6. The molecule has 0 radical (unpaired) electrons. The van der Waals surface area contributed by atoms with Crippen LogP contribution < -0.4 is 0 Å². The highest BCUT2D eigenvalue weighted by atomic mass is 19.4. The average Bonchev–Trinajstić information content (AvgIpc) is 3.64. The Labute approximate surface area is 355 Å². The standard InChI is InChI=1S/C54H40F6N2/c1-36(53(55,56)57)16-5-4-6-17-37-30-40(38-18-15-19-42(33-38)54(58,59)60)32-41(31-37)39-28-29-43(61-49-24-8-3-2-7-20-45(49)46-21-9-12-25-50(46)61)35-44(34-39)62-51-26-13-10-22-47(51)48-23-11-14-27-52(48)62/h4-5,7-16,18-27,29-35H,2-3,6,17H2,1H3/b5-4-,20-7-,24-8-,36-16+. The smallest absolute Gasteiger partial charge is 0.309 e. The lowest BCUT2D eigenvalue weighted by molar-refractivity contribution is -0.137. The van der Waals surface area contributed by atoms with Crippen molar-refractivity contribution in [2.45, 2.75) is 45.0 Å². The van der Waals surface area contributed by atoms with Crippen LogP contribution in [0.3, 0.4) is 0 Å². The first-order valence-corrected chi connectivity index (χ1v) is 20.5. The molecular formula is C54H40F6N2.